The van der Waals surface area contributed by atoms with Gasteiger partial charge in [-0.3, -0.25) is 4.79 Å². The molecule has 0 bridgehead atoms. The lowest BCUT2D eigenvalue weighted by atomic mass is 9.95. The average molecular weight is 366 g/mol. The second-order valence-electron chi connectivity index (χ2n) is 7.25. The van der Waals surface area contributed by atoms with Crippen molar-refractivity contribution in [3.05, 3.63) is 42.2 Å². The number of hydrogen-bond donors (Lipinski definition) is 1. The van der Waals surface area contributed by atoms with Crippen LogP contribution in [0.2, 0.25) is 0 Å². The highest BCUT2D eigenvalue weighted by Gasteiger charge is 2.24. The van der Waals surface area contributed by atoms with Crippen molar-refractivity contribution >= 4 is 17.5 Å². The predicted molar refractivity (Wildman–Crippen MR) is 105 cm³/mol. The van der Waals surface area contributed by atoms with E-state index in [1.54, 1.807) is 12.3 Å². The molecule has 0 atom stereocenters. The van der Waals surface area contributed by atoms with Crippen LogP contribution in [0.25, 0.3) is 0 Å². The Morgan fingerprint density at radius 1 is 0.963 bits per heavy atom. The van der Waals surface area contributed by atoms with Crippen molar-refractivity contribution in [2.75, 3.05) is 36.4 Å². The Kier molecular flexibility index (Phi) is 5.46. The molecule has 1 N–H and O–H groups in total. The zero-order valence-electron chi connectivity index (χ0n) is 15.5. The summed E-state index contributed by atoms with van der Waals surface area (Å²) in [5.41, 5.74) is 0.412. The summed E-state index contributed by atoms with van der Waals surface area (Å²) in [7, 11) is 0. The molecule has 1 aliphatic heterocycles. The molecule has 7 nitrogen and oxygen atoms in total. The number of nitrogens with zero attached hydrogens (tertiary/aromatic N) is 5. The van der Waals surface area contributed by atoms with Crippen molar-refractivity contribution in [3.63, 3.8) is 0 Å². The van der Waals surface area contributed by atoms with Gasteiger partial charge in [-0.1, -0.05) is 25.3 Å². The van der Waals surface area contributed by atoms with E-state index in [2.05, 4.69) is 25.4 Å². The number of nitrogens with one attached hydrogen (secondary N) is 1. The van der Waals surface area contributed by atoms with Crippen molar-refractivity contribution in [2.24, 2.45) is 0 Å². The van der Waals surface area contributed by atoms with Gasteiger partial charge in [0.2, 0.25) is 0 Å². The number of hydrogen-bond acceptors (Lipinski definition) is 6. The van der Waals surface area contributed by atoms with Gasteiger partial charge in [0.1, 0.15) is 11.6 Å². The molecular weight excluding hydrogens is 340 g/mol. The largest absolute Gasteiger partial charge is 0.366 e. The Hall–Kier alpha value is -2.70. The van der Waals surface area contributed by atoms with Crippen molar-refractivity contribution < 1.29 is 4.79 Å². The van der Waals surface area contributed by atoms with Crippen LogP contribution in [0.15, 0.2) is 36.5 Å². The topological polar surface area (TPSA) is 74.2 Å². The van der Waals surface area contributed by atoms with E-state index in [1.807, 2.05) is 29.2 Å². The minimum atomic E-state index is -0.0487. The molecule has 1 amide bonds. The maximum absolute atomic E-state index is 12.7. The molecule has 142 valence electrons. The minimum absolute atomic E-state index is 0.0487. The Morgan fingerprint density at radius 3 is 2.44 bits per heavy atom. The fourth-order valence-electron chi connectivity index (χ4n) is 3.82. The van der Waals surface area contributed by atoms with E-state index in [0.29, 0.717) is 24.8 Å². The van der Waals surface area contributed by atoms with Gasteiger partial charge in [0.05, 0.1) is 0 Å². The van der Waals surface area contributed by atoms with Crippen molar-refractivity contribution in [1.82, 2.24) is 20.1 Å². The molecule has 7 heteroatoms. The van der Waals surface area contributed by atoms with Crippen LogP contribution < -0.4 is 10.2 Å². The molecule has 3 heterocycles. The lowest BCUT2D eigenvalue weighted by molar-refractivity contribution is 0.0739. The number of amides is 1. The van der Waals surface area contributed by atoms with Crippen LogP contribution in [-0.4, -0.2) is 58.2 Å². The number of carbonyl (C=O) groups excluding carboxylic acids is 1. The first-order chi connectivity index (χ1) is 13.3. The molecule has 2 aromatic rings. The van der Waals surface area contributed by atoms with E-state index >= 15 is 0 Å². The van der Waals surface area contributed by atoms with Gasteiger partial charge in [-0.2, -0.15) is 0 Å². The third-order valence-corrected chi connectivity index (χ3v) is 5.38. The number of rotatable bonds is 4. The monoisotopic (exact) mass is 366 g/mol. The molecular formula is C20H26N6O. The normalized spacial score (nSPS) is 18.4. The summed E-state index contributed by atoms with van der Waals surface area (Å²) in [5, 5.41) is 11.8. The molecule has 1 saturated carbocycles. The molecule has 0 radical (unpaired) electrons. The van der Waals surface area contributed by atoms with Crippen LogP contribution >= 0.6 is 0 Å². The predicted octanol–water partition coefficient (Wildman–Crippen LogP) is 2.58. The van der Waals surface area contributed by atoms with Crippen LogP contribution in [0.3, 0.4) is 0 Å². The van der Waals surface area contributed by atoms with E-state index < -0.39 is 0 Å². The van der Waals surface area contributed by atoms with Gasteiger partial charge in [0.25, 0.3) is 5.91 Å². The summed E-state index contributed by atoms with van der Waals surface area (Å²) >= 11 is 0. The summed E-state index contributed by atoms with van der Waals surface area (Å²) in [4.78, 5) is 21.1. The molecule has 4 rings (SSSR count). The van der Waals surface area contributed by atoms with Gasteiger partial charge in [0, 0.05) is 38.4 Å². The third-order valence-electron chi connectivity index (χ3n) is 5.38. The fraction of sp³-hybridized carbons (Fsp3) is 0.500. The van der Waals surface area contributed by atoms with Crippen LogP contribution in [-0.2, 0) is 0 Å². The zero-order chi connectivity index (χ0) is 18.5. The molecule has 0 spiro atoms. The molecule has 2 aromatic heterocycles. The summed E-state index contributed by atoms with van der Waals surface area (Å²) in [6.07, 6.45) is 8.03. The zero-order valence-corrected chi connectivity index (χ0v) is 15.5. The van der Waals surface area contributed by atoms with Crippen molar-refractivity contribution in [1.29, 1.82) is 0 Å². The average Bonchev–Trinajstić information content (AvgIpc) is 2.75. The Labute approximate surface area is 159 Å². The highest BCUT2D eigenvalue weighted by Crippen LogP contribution is 2.20. The Bertz CT molecular complexity index is 737. The maximum atomic E-state index is 12.7. The number of anilines is 2. The van der Waals surface area contributed by atoms with Gasteiger partial charge < -0.3 is 15.1 Å². The quantitative estimate of drug-likeness (QED) is 0.896. The maximum Gasteiger partial charge on any atom is 0.274 e. The van der Waals surface area contributed by atoms with Crippen molar-refractivity contribution in [3.8, 4) is 0 Å². The molecule has 1 aliphatic carbocycles. The van der Waals surface area contributed by atoms with Gasteiger partial charge in [-0.05, 0) is 37.1 Å². The van der Waals surface area contributed by atoms with E-state index in [9.17, 15) is 4.79 Å². The Morgan fingerprint density at radius 2 is 1.78 bits per heavy atom. The van der Waals surface area contributed by atoms with Gasteiger partial charge in [-0.15, -0.1) is 10.2 Å². The third kappa shape index (κ3) is 4.35. The molecule has 0 aromatic carbocycles. The lowest BCUT2D eigenvalue weighted by Crippen LogP contribution is -2.49. The van der Waals surface area contributed by atoms with E-state index in [4.69, 9.17) is 0 Å². The number of piperazine rings is 1. The van der Waals surface area contributed by atoms with E-state index in [0.717, 1.165) is 24.7 Å². The van der Waals surface area contributed by atoms with Gasteiger partial charge in [0.15, 0.2) is 5.69 Å². The highest BCUT2D eigenvalue weighted by molar-refractivity contribution is 5.92. The van der Waals surface area contributed by atoms with Crippen LogP contribution in [0.1, 0.15) is 42.6 Å². The van der Waals surface area contributed by atoms with E-state index in [1.165, 1.54) is 32.1 Å². The summed E-state index contributed by atoms with van der Waals surface area (Å²) < 4.78 is 0. The molecule has 0 unspecified atom stereocenters. The van der Waals surface area contributed by atoms with Gasteiger partial charge >= 0.3 is 0 Å². The highest BCUT2D eigenvalue weighted by atomic mass is 16.2. The summed E-state index contributed by atoms with van der Waals surface area (Å²) in [6, 6.07) is 10.0. The number of pyridine rings is 1. The summed E-state index contributed by atoms with van der Waals surface area (Å²) in [6.45, 7) is 2.88. The Balaban J connectivity index is 1.32. The molecule has 2 fully saturated rings. The molecule has 27 heavy (non-hydrogen) atoms. The molecule has 2 aliphatic rings. The summed E-state index contributed by atoms with van der Waals surface area (Å²) in [5.74, 6) is 1.67. The number of aromatic nitrogens is 3. The van der Waals surface area contributed by atoms with Crippen LogP contribution in [0.5, 0.6) is 0 Å². The first kappa shape index (κ1) is 17.7. The first-order valence-electron chi connectivity index (χ1n) is 9.85. The fourth-order valence-corrected chi connectivity index (χ4v) is 3.82. The van der Waals surface area contributed by atoms with Crippen LogP contribution in [0, 0.1) is 0 Å². The standard InChI is InChI=1S/C20H26N6O/c27-20(26-14-12-25(13-15-26)19-8-4-5-11-21-19)17-9-10-18(24-23-17)22-16-6-2-1-3-7-16/h4-5,8-11,16H,1-3,6-7,12-15H2,(H,22,24). The smallest absolute Gasteiger partial charge is 0.274 e. The van der Waals surface area contributed by atoms with Crippen molar-refractivity contribution in [2.45, 2.75) is 38.1 Å². The van der Waals surface area contributed by atoms with Gasteiger partial charge in [-0.25, -0.2) is 4.98 Å². The van der Waals surface area contributed by atoms with Crippen LogP contribution in [0.4, 0.5) is 11.6 Å². The molecule has 1 saturated heterocycles. The first-order valence-corrected chi connectivity index (χ1v) is 9.85. The minimum Gasteiger partial charge on any atom is -0.366 e. The second kappa shape index (κ2) is 8.33. The number of carbonyl (C=O) groups is 1. The lowest BCUT2D eigenvalue weighted by Gasteiger charge is -2.35. The second-order valence-corrected chi connectivity index (χ2v) is 7.25. The van der Waals surface area contributed by atoms with E-state index in [-0.39, 0.29) is 5.91 Å². The SMILES string of the molecule is O=C(c1ccc(NC2CCCCC2)nn1)N1CCN(c2ccccn2)CC1.